The molecule has 0 radical (unpaired) electrons. The second-order valence-electron chi connectivity index (χ2n) is 8.45. The third-order valence-electron chi connectivity index (χ3n) is 6.71. The van der Waals surface area contributed by atoms with Crippen molar-refractivity contribution in [3.63, 3.8) is 0 Å². The number of ether oxygens (including phenoxy) is 1. The van der Waals surface area contributed by atoms with Crippen LogP contribution >= 0.6 is 0 Å². The second-order valence-corrected chi connectivity index (χ2v) is 8.45. The number of rotatable bonds is 5. The number of amides is 2. The molecule has 3 aliphatic rings. The normalized spacial score (nSPS) is 29.0. The topological polar surface area (TPSA) is 84.5 Å². The lowest BCUT2D eigenvalue weighted by Gasteiger charge is -2.33. The number of carbonyl (C=O) groups is 3. The van der Waals surface area contributed by atoms with Gasteiger partial charge in [-0.05, 0) is 56.8 Å². The Morgan fingerprint density at radius 1 is 1.19 bits per heavy atom. The SMILES string of the molecule is COC(=O)[C@H](C[C@@H]1CCCNC1=O)NC(=O)C1CCC2(CCCCC2)C1. The molecule has 6 heteroatoms. The van der Waals surface area contributed by atoms with E-state index in [-0.39, 0.29) is 23.7 Å². The van der Waals surface area contributed by atoms with Crippen LogP contribution in [0.15, 0.2) is 0 Å². The van der Waals surface area contributed by atoms with Crippen molar-refractivity contribution in [3.8, 4) is 0 Å². The molecule has 1 aliphatic heterocycles. The predicted molar refractivity (Wildman–Crippen MR) is 97.2 cm³/mol. The molecule has 2 aliphatic carbocycles. The van der Waals surface area contributed by atoms with Gasteiger partial charge in [0.05, 0.1) is 7.11 Å². The van der Waals surface area contributed by atoms with E-state index in [9.17, 15) is 14.4 Å². The Hall–Kier alpha value is -1.59. The number of piperidine rings is 1. The van der Waals surface area contributed by atoms with Crippen molar-refractivity contribution in [1.82, 2.24) is 10.6 Å². The molecule has 146 valence electrons. The quantitative estimate of drug-likeness (QED) is 0.733. The van der Waals surface area contributed by atoms with Crippen molar-refractivity contribution in [2.45, 2.75) is 76.7 Å². The Kier molecular flexibility index (Phi) is 6.20. The summed E-state index contributed by atoms with van der Waals surface area (Å²) >= 11 is 0. The fourth-order valence-electron chi connectivity index (χ4n) is 5.18. The van der Waals surface area contributed by atoms with Gasteiger partial charge >= 0.3 is 5.97 Å². The maximum atomic E-state index is 12.8. The first-order chi connectivity index (χ1) is 12.5. The van der Waals surface area contributed by atoms with Crippen LogP contribution in [-0.2, 0) is 19.1 Å². The first-order valence-corrected chi connectivity index (χ1v) is 10.2. The van der Waals surface area contributed by atoms with Crippen LogP contribution in [0, 0.1) is 17.3 Å². The Balaban J connectivity index is 1.58. The lowest BCUT2D eigenvalue weighted by atomic mass is 9.72. The molecule has 1 spiro atoms. The van der Waals surface area contributed by atoms with E-state index < -0.39 is 12.0 Å². The first-order valence-electron chi connectivity index (χ1n) is 10.2. The van der Waals surface area contributed by atoms with Gasteiger partial charge in [0.25, 0.3) is 0 Å². The largest absolute Gasteiger partial charge is 0.467 e. The Morgan fingerprint density at radius 2 is 1.96 bits per heavy atom. The van der Waals surface area contributed by atoms with Crippen LogP contribution in [0.1, 0.15) is 70.6 Å². The molecule has 0 aromatic rings. The van der Waals surface area contributed by atoms with Gasteiger partial charge in [-0.3, -0.25) is 9.59 Å². The zero-order chi connectivity index (χ0) is 18.6. The van der Waals surface area contributed by atoms with Gasteiger partial charge in [0, 0.05) is 18.4 Å². The van der Waals surface area contributed by atoms with E-state index in [1.165, 1.54) is 39.2 Å². The van der Waals surface area contributed by atoms with Crippen LogP contribution in [0.5, 0.6) is 0 Å². The molecule has 1 heterocycles. The maximum Gasteiger partial charge on any atom is 0.328 e. The fourth-order valence-corrected chi connectivity index (χ4v) is 5.18. The molecule has 3 rings (SSSR count). The van der Waals surface area contributed by atoms with E-state index in [1.807, 2.05) is 0 Å². The monoisotopic (exact) mass is 364 g/mol. The molecular weight excluding hydrogens is 332 g/mol. The fraction of sp³-hybridized carbons (Fsp3) is 0.850. The van der Waals surface area contributed by atoms with Gasteiger partial charge in [-0.2, -0.15) is 0 Å². The van der Waals surface area contributed by atoms with Crippen molar-refractivity contribution < 1.29 is 19.1 Å². The van der Waals surface area contributed by atoms with Crippen LogP contribution in [0.25, 0.3) is 0 Å². The number of esters is 1. The molecule has 2 amide bonds. The summed E-state index contributed by atoms with van der Waals surface area (Å²) in [5, 5.41) is 5.74. The molecule has 3 atom stereocenters. The zero-order valence-electron chi connectivity index (χ0n) is 15.9. The standard InChI is InChI=1S/C20H32N2O4/c1-26-19(25)16(12-14-6-5-11-21-17(14)23)22-18(24)15-7-10-20(13-15)8-3-2-4-9-20/h14-16H,2-13H2,1H3,(H,21,23)(H,22,24)/t14-,15?,16-/m0/s1. The molecule has 26 heavy (non-hydrogen) atoms. The Morgan fingerprint density at radius 3 is 2.65 bits per heavy atom. The maximum absolute atomic E-state index is 12.8. The summed E-state index contributed by atoms with van der Waals surface area (Å²) in [5.41, 5.74) is 0.351. The minimum Gasteiger partial charge on any atom is -0.467 e. The highest BCUT2D eigenvalue weighted by Gasteiger charge is 2.43. The summed E-state index contributed by atoms with van der Waals surface area (Å²) in [4.78, 5) is 37.0. The number of hydrogen-bond acceptors (Lipinski definition) is 4. The van der Waals surface area contributed by atoms with Crippen LogP contribution < -0.4 is 10.6 Å². The summed E-state index contributed by atoms with van der Waals surface area (Å²) in [5.74, 6) is -0.774. The number of hydrogen-bond donors (Lipinski definition) is 2. The minimum atomic E-state index is -0.732. The average molecular weight is 364 g/mol. The van der Waals surface area contributed by atoms with Crippen LogP contribution in [0.3, 0.4) is 0 Å². The van der Waals surface area contributed by atoms with Crippen LogP contribution in [0.2, 0.25) is 0 Å². The molecule has 3 fully saturated rings. The number of carbonyl (C=O) groups excluding carboxylic acids is 3. The summed E-state index contributed by atoms with van der Waals surface area (Å²) < 4.78 is 4.88. The van der Waals surface area contributed by atoms with Gasteiger partial charge in [-0.15, -0.1) is 0 Å². The zero-order valence-corrected chi connectivity index (χ0v) is 15.9. The van der Waals surface area contributed by atoms with E-state index >= 15 is 0 Å². The third-order valence-corrected chi connectivity index (χ3v) is 6.71. The van der Waals surface area contributed by atoms with Gasteiger partial charge in [-0.1, -0.05) is 19.3 Å². The Labute approximate surface area is 155 Å². The molecule has 0 bridgehead atoms. The van der Waals surface area contributed by atoms with Crippen LogP contribution in [-0.4, -0.2) is 37.5 Å². The molecule has 2 N–H and O–H groups in total. The van der Waals surface area contributed by atoms with E-state index in [0.717, 1.165) is 32.1 Å². The van der Waals surface area contributed by atoms with Crippen molar-refractivity contribution in [2.75, 3.05) is 13.7 Å². The highest BCUT2D eigenvalue weighted by molar-refractivity contribution is 5.87. The average Bonchev–Trinajstić information content (AvgIpc) is 3.06. The highest BCUT2D eigenvalue weighted by Crippen LogP contribution is 2.51. The van der Waals surface area contributed by atoms with E-state index in [0.29, 0.717) is 18.4 Å². The first kappa shape index (κ1) is 19.2. The molecule has 1 saturated heterocycles. The second kappa shape index (κ2) is 8.40. The van der Waals surface area contributed by atoms with Crippen molar-refractivity contribution in [3.05, 3.63) is 0 Å². The van der Waals surface area contributed by atoms with Gasteiger partial charge in [0.15, 0.2) is 0 Å². The molecule has 0 aromatic heterocycles. The summed E-state index contributed by atoms with van der Waals surface area (Å²) in [6.45, 7) is 0.689. The molecule has 0 aromatic carbocycles. The molecular formula is C20H32N2O4. The molecule has 2 saturated carbocycles. The van der Waals surface area contributed by atoms with Gasteiger partial charge < -0.3 is 15.4 Å². The van der Waals surface area contributed by atoms with Crippen LogP contribution in [0.4, 0.5) is 0 Å². The van der Waals surface area contributed by atoms with E-state index in [1.54, 1.807) is 0 Å². The number of methoxy groups -OCH3 is 1. The van der Waals surface area contributed by atoms with Crippen molar-refractivity contribution in [1.29, 1.82) is 0 Å². The number of nitrogens with one attached hydrogen (secondary N) is 2. The minimum absolute atomic E-state index is 0.0135. The van der Waals surface area contributed by atoms with Gasteiger partial charge in [-0.25, -0.2) is 4.79 Å². The summed E-state index contributed by atoms with van der Waals surface area (Å²) in [6, 6.07) is -0.732. The lowest BCUT2D eigenvalue weighted by Crippen LogP contribution is -2.47. The lowest BCUT2D eigenvalue weighted by molar-refractivity contribution is -0.146. The molecule has 6 nitrogen and oxygen atoms in total. The van der Waals surface area contributed by atoms with Gasteiger partial charge in [0.1, 0.15) is 6.04 Å². The van der Waals surface area contributed by atoms with E-state index in [2.05, 4.69) is 10.6 Å². The van der Waals surface area contributed by atoms with E-state index in [4.69, 9.17) is 4.74 Å². The van der Waals surface area contributed by atoms with Crippen molar-refractivity contribution in [2.24, 2.45) is 17.3 Å². The Bertz CT molecular complexity index is 542. The highest BCUT2D eigenvalue weighted by atomic mass is 16.5. The smallest absolute Gasteiger partial charge is 0.328 e. The third kappa shape index (κ3) is 4.38. The molecule has 1 unspecified atom stereocenters. The predicted octanol–water partition coefficient (Wildman–Crippen LogP) is 2.31. The van der Waals surface area contributed by atoms with Crippen molar-refractivity contribution >= 4 is 17.8 Å². The van der Waals surface area contributed by atoms with Gasteiger partial charge in [0.2, 0.25) is 11.8 Å². The summed E-state index contributed by atoms with van der Waals surface area (Å²) in [7, 11) is 1.33. The summed E-state index contributed by atoms with van der Waals surface area (Å²) in [6.07, 6.45) is 11.3.